The zero-order valence-electron chi connectivity index (χ0n) is 13.4. The highest BCUT2D eigenvalue weighted by atomic mass is 16.6. The van der Waals surface area contributed by atoms with Gasteiger partial charge in [0.2, 0.25) is 6.41 Å². The summed E-state index contributed by atoms with van der Waals surface area (Å²) >= 11 is 0. The predicted molar refractivity (Wildman–Crippen MR) is 80.6 cm³/mol. The van der Waals surface area contributed by atoms with Crippen molar-refractivity contribution in [3.8, 4) is 0 Å². The van der Waals surface area contributed by atoms with Gasteiger partial charge in [-0.1, -0.05) is 6.07 Å². The number of rotatable bonds is 7. The van der Waals surface area contributed by atoms with E-state index in [9.17, 15) is 15.1 Å². The van der Waals surface area contributed by atoms with Gasteiger partial charge in [-0.15, -0.1) is 0 Å². The summed E-state index contributed by atoms with van der Waals surface area (Å²) in [5, 5.41) is 21.9. The lowest BCUT2D eigenvalue weighted by Gasteiger charge is -2.25. The Morgan fingerprint density at radius 2 is 2.09 bits per heavy atom. The molecule has 1 atom stereocenters. The predicted octanol–water partition coefficient (Wildman–Crippen LogP) is 0.879. The van der Waals surface area contributed by atoms with E-state index in [2.05, 4.69) is 5.32 Å². The molecule has 0 spiro atoms. The van der Waals surface area contributed by atoms with Crippen molar-refractivity contribution < 1.29 is 30.1 Å². The summed E-state index contributed by atoms with van der Waals surface area (Å²) in [7, 11) is 0. The Morgan fingerprint density at radius 3 is 2.64 bits per heavy atom. The highest BCUT2D eigenvalue weighted by molar-refractivity contribution is 5.74. The van der Waals surface area contributed by atoms with E-state index in [0.717, 1.165) is 5.48 Å². The minimum Gasteiger partial charge on any atom is -0.466 e. The fraction of sp³-hybridized carbons (Fsp3) is 0.533. The Hall–Kier alpha value is -1.67. The molecule has 0 fully saturated rings. The number of hydrogen-bond donors (Lipinski definition) is 4. The molecule has 0 saturated heterocycles. The van der Waals surface area contributed by atoms with Crippen molar-refractivity contribution >= 4 is 17.3 Å². The van der Waals surface area contributed by atoms with Crippen LogP contribution in [0.1, 0.15) is 33.3 Å². The van der Waals surface area contributed by atoms with E-state index >= 15 is 0 Å². The Kier molecular flexibility index (Phi) is 6.76. The minimum atomic E-state index is -1.24. The molecule has 7 nitrogen and oxygen atoms in total. The van der Waals surface area contributed by atoms with Gasteiger partial charge in [0, 0.05) is 6.07 Å². The molecule has 1 unspecified atom stereocenters. The number of aliphatic hydroxyl groups excluding tert-OH is 1. The van der Waals surface area contributed by atoms with E-state index in [-0.39, 0.29) is 12.4 Å². The van der Waals surface area contributed by atoms with Gasteiger partial charge in [0.15, 0.2) is 5.69 Å². The average Bonchev–Trinajstić information content (AvgIpc) is 2.37. The molecule has 1 aromatic rings. The first kappa shape index (κ1) is 18.4. The van der Waals surface area contributed by atoms with Crippen molar-refractivity contribution in [1.29, 1.82) is 0 Å². The van der Waals surface area contributed by atoms with Gasteiger partial charge in [-0.05, 0) is 39.3 Å². The quantitative estimate of drug-likeness (QED) is 0.258. The third-order valence-corrected chi connectivity index (χ3v) is 2.65. The number of quaternary nitrogens is 1. The van der Waals surface area contributed by atoms with Crippen LogP contribution in [0.5, 0.6) is 0 Å². The normalized spacial score (nSPS) is 12.8. The molecule has 7 heteroatoms. The number of aliphatic hydroxyl groups is 1. The van der Waals surface area contributed by atoms with Crippen LogP contribution in [-0.4, -0.2) is 34.9 Å². The lowest BCUT2D eigenvalue weighted by molar-refractivity contribution is -0.825. The molecular weight excluding hydrogens is 288 g/mol. The molecule has 0 aliphatic heterocycles. The van der Waals surface area contributed by atoms with Crippen LogP contribution < -0.4 is 10.8 Å². The standard InChI is InChI=1S/C15H24N2O5/c1-5-21-13(18)9-10-6-7-11(17-20)12(8-10)16-14(19)22-15(2,3)4/h6-8,14,16-17,19-20H,5,9H2,1-4H3/p+1. The maximum absolute atomic E-state index is 11.5. The molecule has 0 bridgehead atoms. The lowest BCUT2D eigenvalue weighted by Crippen LogP contribution is -2.74. The van der Waals surface area contributed by atoms with E-state index in [1.807, 2.05) is 20.8 Å². The van der Waals surface area contributed by atoms with Gasteiger partial charge in [-0.2, -0.15) is 5.48 Å². The van der Waals surface area contributed by atoms with E-state index in [4.69, 9.17) is 9.47 Å². The monoisotopic (exact) mass is 313 g/mol. The van der Waals surface area contributed by atoms with Crippen LogP contribution in [0.25, 0.3) is 0 Å². The summed E-state index contributed by atoms with van der Waals surface area (Å²) in [5.74, 6) is -0.333. The van der Waals surface area contributed by atoms with Gasteiger partial charge in [-0.25, -0.2) is 5.21 Å². The van der Waals surface area contributed by atoms with Gasteiger partial charge in [0.25, 0.3) is 0 Å². The smallest absolute Gasteiger partial charge is 0.310 e. The third-order valence-electron chi connectivity index (χ3n) is 2.65. The molecule has 0 aliphatic carbocycles. The molecule has 22 heavy (non-hydrogen) atoms. The van der Waals surface area contributed by atoms with Crippen molar-refractivity contribution in [2.75, 3.05) is 11.9 Å². The molecule has 5 N–H and O–H groups in total. The fourth-order valence-corrected chi connectivity index (χ4v) is 1.83. The number of ether oxygens (including phenoxy) is 2. The SMILES string of the molecule is CCOC(=O)Cc1ccc([NH2+]O)c(NC(O)OC(C)(C)C)c1. The molecule has 124 valence electrons. The van der Waals surface area contributed by atoms with E-state index in [0.29, 0.717) is 23.5 Å². The van der Waals surface area contributed by atoms with Crippen LogP contribution in [0.4, 0.5) is 11.4 Å². The molecule has 0 saturated carbocycles. The van der Waals surface area contributed by atoms with Crippen LogP contribution in [0.15, 0.2) is 18.2 Å². The number of nitrogens with two attached hydrogens (primary N) is 1. The van der Waals surface area contributed by atoms with Gasteiger partial charge in [0.1, 0.15) is 5.69 Å². The van der Waals surface area contributed by atoms with Gasteiger partial charge in [-0.3, -0.25) is 4.79 Å². The van der Waals surface area contributed by atoms with E-state index < -0.39 is 12.0 Å². The number of carbonyl (C=O) groups is 1. The number of hydrogen-bond acceptors (Lipinski definition) is 6. The molecule has 1 aromatic carbocycles. The molecule has 0 amide bonds. The molecule has 1 rings (SSSR count). The fourth-order valence-electron chi connectivity index (χ4n) is 1.83. The number of anilines is 1. The van der Waals surface area contributed by atoms with Crippen molar-refractivity contribution in [3.63, 3.8) is 0 Å². The summed E-state index contributed by atoms with van der Waals surface area (Å²) < 4.78 is 10.3. The molecule has 0 heterocycles. The second-order valence-corrected chi connectivity index (χ2v) is 5.76. The topological polar surface area (TPSA) is 105 Å². The largest absolute Gasteiger partial charge is 0.466 e. The average molecular weight is 313 g/mol. The Balaban J connectivity index is 2.84. The van der Waals surface area contributed by atoms with Gasteiger partial charge < -0.3 is 19.9 Å². The number of benzene rings is 1. The summed E-state index contributed by atoms with van der Waals surface area (Å²) in [6, 6.07) is 5.01. The minimum absolute atomic E-state index is 0.116. The maximum Gasteiger partial charge on any atom is 0.310 e. The van der Waals surface area contributed by atoms with E-state index in [1.54, 1.807) is 25.1 Å². The van der Waals surface area contributed by atoms with Crippen LogP contribution in [-0.2, 0) is 20.7 Å². The first-order valence-corrected chi connectivity index (χ1v) is 7.13. The Bertz CT molecular complexity index is 499. The van der Waals surface area contributed by atoms with Crippen LogP contribution in [0.3, 0.4) is 0 Å². The first-order chi connectivity index (χ1) is 10.2. The zero-order valence-corrected chi connectivity index (χ0v) is 13.4. The third kappa shape index (κ3) is 6.40. The first-order valence-electron chi connectivity index (χ1n) is 7.13. The Morgan fingerprint density at radius 1 is 1.41 bits per heavy atom. The summed E-state index contributed by atoms with van der Waals surface area (Å²) in [6.07, 6.45) is -1.12. The highest BCUT2D eigenvalue weighted by Gasteiger charge is 2.19. The van der Waals surface area contributed by atoms with Crippen molar-refractivity contribution in [1.82, 2.24) is 0 Å². The van der Waals surface area contributed by atoms with Crippen LogP contribution in [0, 0.1) is 0 Å². The van der Waals surface area contributed by atoms with Gasteiger partial charge >= 0.3 is 5.97 Å². The maximum atomic E-state index is 11.5. The molecule has 0 aromatic heterocycles. The van der Waals surface area contributed by atoms with Crippen LogP contribution >= 0.6 is 0 Å². The second kappa shape index (κ2) is 8.09. The molecular formula is C15H25N2O5+. The van der Waals surface area contributed by atoms with Gasteiger partial charge in [0.05, 0.1) is 18.6 Å². The second-order valence-electron chi connectivity index (χ2n) is 5.76. The zero-order chi connectivity index (χ0) is 16.8. The van der Waals surface area contributed by atoms with Crippen molar-refractivity contribution in [3.05, 3.63) is 23.8 Å². The molecule has 0 radical (unpaired) electrons. The summed E-state index contributed by atoms with van der Waals surface area (Å²) in [6.45, 7) is 7.51. The number of esters is 1. The summed E-state index contributed by atoms with van der Waals surface area (Å²) in [4.78, 5) is 11.5. The number of carbonyl (C=O) groups excluding carboxylic acids is 1. The van der Waals surface area contributed by atoms with E-state index in [1.165, 1.54) is 0 Å². The summed E-state index contributed by atoms with van der Waals surface area (Å²) in [5.41, 5.74) is 2.03. The molecule has 0 aliphatic rings. The Labute approximate surface area is 130 Å². The number of nitrogens with one attached hydrogen (secondary N) is 1. The van der Waals surface area contributed by atoms with Crippen LogP contribution in [0.2, 0.25) is 0 Å². The lowest BCUT2D eigenvalue weighted by atomic mass is 10.1. The van der Waals surface area contributed by atoms with Crippen molar-refractivity contribution in [2.45, 2.75) is 46.1 Å². The van der Waals surface area contributed by atoms with Crippen molar-refractivity contribution in [2.24, 2.45) is 0 Å². The highest BCUT2D eigenvalue weighted by Crippen LogP contribution is 2.21.